The van der Waals surface area contributed by atoms with Crippen molar-refractivity contribution in [1.82, 2.24) is 10.2 Å². The molecule has 2 aromatic rings. The number of halogens is 1. The van der Waals surface area contributed by atoms with Gasteiger partial charge in [0.25, 0.3) is 5.89 Å². The highest BCUT2D eigenvalue weighted by Gasteiger charge is 2.21. The van der Waals surface area contributed by atoms with Gasteiger partial charge in [-0.15, -0.1) is 16.4 Å². The average Bonchev–Trinajstić information content (AvgIpc) is 2.81. The van der Waals surface area contributed by atoms with E-state index in [0.717, 1.165) is 21.1 Å². The summed E-state index contributed by atoms with van der Waals surface area (Å²) in [5.74, 6) is 1.38. The Bertz CT molecular complexity index is 492. The van der Waals surface area contributed by atoms with Gasteiger partial charge in [0.2, 0.25) is 0 Å². The number of nitrogens with zero attached hydrogens (tertiary/aromatic N) is 2. The normalized spacial score (nSPS) is 15.3. The van der Waals surface area contributed by atoms with Crippen LogP contribution in [0.4, 0.5) is 6.01 Å². The van der Waals surface area contributed by atoms with Gasteiger partial charge in [-0.2, -0.15) is 0 Å². The van der Waals surface area contributed by atoms with Crippen molar-refractivity contribution in [2.45, 2.75) is 12.8 Å². The van der Waals surface area contributed by atoms with E-state index >= 15 is 0 Å². The van der Waals surface area contributed by atoms with E-state index in [1.807, 2.05) is 12.1 Å². The monoisotopic (exact) mass is 299 g/mol. The molecule has 0 radical (unpaired) electrons. The van der Waals surface area contributed by atoms with Gasteiger partial charge in [-0.25, -0.2) is 0 Å². The molecule has 0 bridgehead atoms. The van der Waals surface area contributed by atoms with Crippen LogP contribution in [-0.4, -0.2) is 16.7 Å². The van der Waals surface area contributed by atoms with Crippen LogP contribution in [0.5, 0.6) is 0 Å². The summed E-state index contributed by atoms with van der Waals surface area (Å²) in [5.41, 5.74) is 0. The lowest BCUT2D eigenvalue weighted by atomic mass is 10.4. The number of aromatic nitrogens is 2. The van der Waals surface area contributed by atoms with Crippen LogP contribution in [0.1, 0.15) is 12.8 Å². The van der Waals surface area contributed by atoms with Crippen LogP contribution in [0.15, 0.2) is 20.3 Å². The standard InChI is InChI=1S/C10H10BrN3OS/c11-8-4-3-7(16-8)9-13-14-10(15-9)12-5-6-1-2-6/h3-4,6H,1-2,5H2,(H,12,14). The molecule has 0 unspecified atom stereocenters. The van der Waals surface area contributed by atoms with Crippen molar-refractivity contribution in [2.75, 3.05) is 11.9 Å². The highest BCUT2D eigenvalue weighted by atomic mass is 79.9. The van der Waals surface area contributed by atoms with Crippen molar-refractivity contribution in [2.24, 2.45) is 5.92 Å². The highest BCUT2D eigenvalue weighted by Crippen LogP contribution is 2.32. The molecule has 16 heavy (non-hydrogen) atoms. The molecule has 4 nitrogen and oxygen atoms in total. The first-order valence-corrected chi connectivity index (χ1v) is 6.75. The Hall–Kier alpha value is -0.880. The van der Waals surface area contributed by atoms with E-state index in [4.69, 9.17) is 4.42 Å². The predicted molar refractivity (Wildman–Crippen MR) is 66.5 cm³/mol. The molecule has 0 aliphatic heterocycles. The van der Waals surface area contributed by atoms with Crippen molar-refractivity contribution >= 4 is 33.3 Å². The maximum Gasteiger partial charge on any atom is 0.315 e. The minimum atomic E-state index is 0.520. The van der Waals surface area contributed by atoms with Crippen LogP contribution in [0.2, 0.25) is 0 Å². The van der Waals surface area contributed by atoms with Gasteiger partial charge in [0.1, 0.15) is 0 Å². The number of nitrogens with one attached hydrogen (secondary N) is 1. The fourth-order valence-electron chi connectivity index (χ4n) is 1.38. The van der Waals surface area contributed by atoms with Crippen molar-refractivity contribution in [3.63, 3.8) is 0 Å². The zero-order chi connectivity index (χ0) is 11.0. The molecule has 2 aromatic heterocycles. The Kier molecular flexibility index (Phi) is 2.69. The SMILES string of the molecule is Brc1ccc(-c2nnc(NCC3CC3)o2)s1. The molecule has 0 amide bonds. The Labute approximate surface area is 105 Å². The van der Waals surface area contributed by atoms with Gasteiger partial charge in [-0.3, -0.25) is 0 Å². The summed E-state index contributed by atoms with van der Waals surface area (Å²) >= 11 is 4.99. The van der Waals surface area contributed by atoms with Gasteiger partial charge >= 0.3 is 6.01 Å². The molecule has 1 aliphatic rings. The number of hydrogen-bond donors (Lipinski definition) is 1. The molecule has 2 heterocycles. The van der Waals surface area contributed by atoms with E-state index in [1.165, 1.54) is 12.8 Å². The quantitative estimate of drug-likeness (QED) is 0.940. The zero-order valence-electron chi connectivity index (χ0n) is 8.44. The Morgan fingerprint density at radius 2 is 2.31 bits per heavy atom. The number of rotatable bonds is 4. The summed E-state index contributed by atoms with van der Waals surface area (Å²) in [6.45, 7) is 0.940. The third-order valence-electron chi connectivity index (χ3n) is 2.45. The maximum atomic E-state index is 5.52. The van der Waals surface area contributed by atoms with E-state index < -0.39 is 0 Å². The molecule has 1 fully saturated rings. The summed E-state index contributed by atoms with van der Waals surface area (Å²) in [5, 5.41) is 11.1. The van der Waals surface area contributed by atoms with E-state index in [1.54, 1.807) is 11.3 Å². The van der Waals surface area contributed by atoms with Gasteiger partial charge in [0, 0.05) is 6.54 Å². The lowest BCUT2D eigenvalue weighted by molar-refractivity contribution is 0.580. The summed E-state index contributed by atoms with van der Waals surface area (Å²) in [7, 11) is 0. The second-order valence-corrected chi connectivity index (χ2v) is 6.30. The summed E-state index contributed by atoms with van der Waals surface area (Å²) in [6, 6.07) is 4.46. The molecule has 1 saturated carbocycles. The number of anilines is 1. The minimum absolute atomic E-state index is 0.520. The van der Waals surface area contributed by atoms with Crippen molar-refractivity contribution < 1.29 is 4.42 Å². The first kappa shape index (κ1) is 10.3. The van der Waals surface area contributed by atoms with Crippen LogP contribution in [-0.2, 0) is 0 Å². The summed E-state index contributed by atoms with van der Waals surface area (Å²) in [4.78, 5) is 0.985. The van der Waals surface area contributed by atoms with Gasteiger partial charge in [0.05, 0.1) is 8.66 Å². The minimum Gasteiger partial charge on any atom is -0.403 e. The van der Waals surface area contributed by atoms with E-state index in [9.17, 15) is 0 Å². The van der Waals surface area contributed by atoms with Crippen LogP contribution in [0.25, 0.3) is 10.8 Å². The van der Waals surface area contributed by atoms with Gasteiger partial charge in [-0.05, 0) is 46.8 Å². The zero-order valence-corrected chi connectivity index (χ0v) is 10.8. The molecule has 0 spiro atoms. The second kappa shape index (κ2) is 4.18. The molecule has 0 saturated heterocycles. The van der Waals surface area contributed by atoms with Crippen LogP contribution >= 0.6 is 27.3 Å². The fraction of sp³-hybridized carbons (Fsp3) is 0.400. The topological polar surface area (TPSA) is 51.0 Å². The average molecular weight is 300 g/mol. The van der Waals surface area contributed by atoms with E-state index in [-0.39, 0.29) is 0 Å². The predicted octanol–water partition coefficient (Wildman–Crippen LogP) is 3.38. The first-order valence-electron chi connectivity index (χ1n) is 5.14. The van der Waals surface area contributed by atoms with Gasteiger partial charge < -0.3 is 9.73 Å². The summed E-state index contributed by atoms with van der Waals surface area (Å²) in [6.07, 6.45) is 2.62. The van der Waals surface area contributed by atoms with Crippen LogP contribution in [0, 0.1) is 5.92 Å². The molecule has 84 valence electrons. The first-order chi connectivity index (χ1) is 7.81. The Morgan fingerprint density at radius 3 is 3.00 bits per heavy atom. The molecule has 0 aromatic carbocycles. The highest BCUT2D eigenvalue weighted by molar-refractivity contribution is 9.11. The maximum absolute atomic E-state index is 5.52. The third kappa shape index (κ3) is 2.27. The number of hydrogen-bond acceptors (Lipinski definition) is 5. The van der Waals surface area contributed by atoms with Gasteiger partial charge in [-0.1, -0.05) is 5.10 Å². The molecule has 3 rings (SSSR count). The second-order valence-electron chi connectivity index (χ2n) is 3.84. The van der Waals surface area contributed by atoms with E-state index in [0.29, 0.717) is 11.9 Å². The fourth-order valence-corrected chi connectivity index (χ4v) is 2.68. The Morgan fingerprint density at radius 1 is 1.44 bits per heavy atom. The molecule has 1 aliphatic carbocycles. The van der Waals surface area contributed by atoms with Crippen molar-refractivity contribution in [3.8, 4) is 10.8 Å². The largest absolute Gasteiger partial charge is 0.403 e. The molecule has 1 N–H and O–H groups in total. The van der Waals surface area contributed by atoms with Crippen molar-refractivity contribution in [3.05, 3.63) is 15.9 Å². The van der Waals surface area contributed by atoms with Gasteiger partial charge in [0.15, 0.2) is 0 Å². The van der Waals surface area contributed by atoms with Crippen molar-refractivity contribution in [1.29, 1.82) is 0 Å². The molecule has 0 atom stereocenters. The van der Waals surface area contributed by atoms with Crippen LogP contribution in [0.3, 0.4) is 0 Å². The lowest BCUT2D eigenvalue weighted by Gasteiger charge is -1.96. The number of thiophene rings is 1. The Balaban J connectivity index is 1.71. The lowest BCUT2D eigenvalue weighted by Crippen LogP contribution is -2.02. The third-order valence-corrected chi connectivity index (χ3v) is 4.06. The molecular weight excluding hydrogens is 290 g/mol. The molecular formula is C10H10BrN3OS. The van der Waals surface area contributed by atoms with E-state index in [2.05, 4.69) is 31.4 Å². The summed E-state index contributed by atoms with van der Waals surface area (Å²) < 4.78 is 6.58. The van der Waals surface area contributed by atoms with Crippen LogP contribution < -0.4 is 5.32 Å². The molecule has 6 heteroatoms. The smallest absolute Gasteiger partial charge is 0.315 e.